The van der Waals surface area contributed by atoms with Gasteiger partial charge in [-0.25, -0.2) is 8.42 Å². The van der Waals surface area contributed by atoms with E-state index in [0.717, 1.165) is 4.47 Å². The quantitative estimate of drug-likeness (QED) is 0.703. The first-order valence-corrected chi connectivity index (χ1v) is 8.68. The molecule has 0 bridgehead atoms. The van der Waals surface area contributed by atoms with Gasteiger partial charge in [-0.1, -0.05) is 50.4 Å². The fourth-order valence-corrected chi connectivity index (χ4v) is 4.49. The number of rotatable bonds is 5. The van der Waals surface area contributed by atoms with Crippen molar-refractivity contribution >= 4 is 53.5 Å². The summed E-state index contributed by atoms with van der Waals surface area (Å²) in [6.07, 6.45) is 0. The molecule has 17 heavy (non-hydrogen) atoms. The average Bonchev–Trinajstić information content (AvgIpc) is 2.24. The molecule has 0 saturated heterocycles. The molecule has 96 valence electrons. The summed E-state index contributed by atoms with van der Waals surface area (Å²) < 4.78 is 26.7. The lowest BCUT2D eigenvalue weighted by molar-refractivity contribution is 0.448. The lowest BCUT2D eigenvalue weighted by Gasteiger charge is -2.20. The number of benzene rings is 1. The Labute approximate surface area is 123 Å². The van der Waals surface area contributed by atoms with E-state index in [9.17, 15) is 8.42 Å². The Morgan fingerprint density at radius 3 is 2.53 bits per heavy atom. The normalized spacial score (nSPS) is 12.1. The minimum Gasteiger partial charge on any atom is -0.207 e. The smallest absolute Gasteiger partial charge is 0.207 e. The second kappa shape index (κ2) is 6.52. The number of hydrogen-bond donors (Lipinski definition) is 0. The number of sulfonamides is 1. The van der Waals surface area contributed by atoms with Crippen LogP contribution < -0.4 is 0 Å². The van der Waals surface area contributed by atoms with Crippen molar-refractivity contribution in [2.24, 2.45) is 0 Å². The first-order valence-electron chi connectivity index (χ1n) is 4.94. The molecule has 0 aliphatic rings. The maximum atomic E-state index is 12.3. The highest BCUT2D eigenvalue weighted by atomic mass is 79.9. The van der Waals surface area contributed by atoms with E-state index in [1.165, 1.54) is 10.4 Å². The molecule has 0 spiro atoms. The molecule has 0 aliphatic carbocycles. The monoisotopic (exact) mass is 403 g/mol. The third-order valence-electron chi connectivity index (χ3n) is 2.20. The van der Waals surface area contributed by atoms with Crippen molar-refractivity contribution in [2.75, 3.05) is 18.4 Å². The van der Waals surface area contributed by atoms with Crippen LogP contribution in [-0.4, -0.2) is 31.1 Å². The highest BCUT2D eigenvalue weighted by molar-refractivity contribution is 9.10. The van der Waals surface area contributed by atoms with Gasteiger partial charge in [-0.3, -0.25) is 0 Å². The molecule has 0 amide bonds. The standard InChI is InChI=1S/C10H12Br2ClNO2S/c1-2-14(6-5-11)17(15,16)10-4-3-8(12)7-9(10)13/h3-4,7H,2,5-6H2,1H3. The molecular formula is C10H12Br2ClNO2S. The molecule has 0 aromatic heterocycles. The minimum absolute atomic E-state index is 0.144. The molecule has 3 nitrogen and oxygen atoms in total. The molecule has 0 aliphatic heterocycles. The lowest BCUT2D eigenvalue weighted by atomic mass is 10.4. The summed E-state index contributed by atoms with van der Waals surface area (Å²) >= 11 is 12.5. The van der Waals surface area contributed by atoms with Crippen LogP contribution >= 0.6 is 43.5 Å². The largest absolute Gasteiger partial charge is 0.244 e. The van der Waals surface area contributed by atoms with Crippen molar-refractivity contribution in [1.29, 1.82) is 0 Å². The third-order valence-corrected chi connectivity index (χ3v) is 5.50. The predicted octanol–water partition coefficient (Wildman–Crippen LogP) is 3.51. The van der Waals surface area contributed by atoms with Gasteiger partial charge in [0.2, 0.25) is 10.0 Å². The van der Waals surface area contributed by atoms with Crippen molar-refractivity contribution in [3.8, 4) is 0 Å². The minimum atomic E-state index is -3.51. The molecule has 0 N–H and O–H groups in total. The molecule has 0 saturated carbocycles. The zero-order valence-electron chi connectivity index (χ0n) is 9.16. The van der Waals surface area contributed by atoms with Crippen LogP contribution in [0.15, 0.2) is 27.6 Å². The summed E-state index contributed by atoms with van der Waals surface area (Å²) in [7, 11) is -3.51. The van der Waals surface area contributed by atoms with Gasteiger partial charge in [-0.15, -0.1) is 0 Å². The SMILES string of the molecule is CCN(CCBr)S(=O)(=O)c1ccc(Br)cc1Cl. The number of alkyl halides is 1. The topological polar surface area (TPSA) is 37.4 Å². The maximum Gasteiger partial charge on any atom is 0.244 e. The Hall–Kier alpha value is 0.380. The summed E-state index contributed by atoms with van der Waals surface area (Å²) in [5.41, 5.74) is 0. The van der Waals surface area contributed by atoms with Crippen molar-refractivity contribution in [3.05, 3.63) is 27.7 Å². The van der Waals surface area contributed by atoms with Gasteiger partial charge < -0.3 is 0 Å². The molecule has 0 atom stereocenters. The van der Waals surface area contributed by atoms with Crippen molar-refractivity contribution in [3.63, 3.8) is 0 Å². The van der Waals surface area contributed by atoms with Gasteiger partial charge in [0, 0.05) is 22.9 Å². The van der Waals surface area contributed by atoms with Crippen LogP contribution in [0.5, 0.6) is 0 Å². The number of nitrogens with zero attached hydrogens (tertiary/aromatic N) is 1. The maximum absolute atomic E-state index is 12.3. The van der Waals surface area contributed by atoms with E-state index in [4.69, 9.17) is 11.6 Å². The van der Waals surface area contributed by atoms with E-state index < -0.39 is 10.0 Å². The van der Waals surface area contributed by atoms with E-state index in [0.29, 0.717) is 18.4 Å². The Morgan fingerprint density at radius 2 is 2.06 bits per heavy atom. The summed E-state index contributed by atoms with van der Waals surface area (Å²) in [5, 5.41) is 0.821. The van der Waals surface area contributed by atoms with E-state index in [-0.39, 0.29) is 9.92 Å². The predicted molar refractivity (Wildman–Crippen MR) is 77.4 cm³/mol. The third kappa shape index (κ3) is 3.67. The lowest BCUT2D eigenvalue weighted by Crippen LogP contribution is -2.32. The number of hydrogen-bond acceptors (Lipinski definition) is 2. The number of halogens is 3. The highest BCUT2D eigenvalue weighted by Gasteiger charge is 2.24. The van der Waals surface area contributed by atoms with Crippen LogP contribution in [0.3, 0.4) is 0 Å². The van der Waals surface area contributed by atoms with Crippen LogP contribution in [0.2, 0.25) is 5.02 Å². The Kier molecular flexibility index (Phi) is 5.92. The summed E-state index contributed by atoms with van der Waals surface area (Å²) in [6, 6.07) is 4.76. The van der Waals surface area contributed by atoms with E-state index >= 15 is 0 Å². The van der Waals surface area contributed by atoms with Crippen molar-refractivity contribution in [1.82, 2.24) is 4.31 Å². The summed E-state index contributed by atoms with van der Waals surface area (Å²) in [4.78, 5) is 0.144. The van der Waals surface area contributed by atoms with Crippen LogP contribution in [-0.2, 0) is 10.0 Å². The molecule has 1 aromatic rings. The van der Waals surface area contributed by atoms with Crippen LogP contribution in [0.4, 0.5) is 0 Å². The van der Waals surface area contributed by atoms with Gasteiger partial charge in [0.25, 0.3) is 0 Å². The highest BCUT2D eigenvalue weighted by Crippen LogP contribution is 2.27. The van der Waals surface area contributed by atoms with Gasteiger partial charge in [-0.05, 0) is 18.2 Å². The summed E-state index contributed by atoms with van der Waals surface area (Å²) in [5.74, 6) is 0. The Balaban J connectivity index is 3.20. The molecule has 1 rings (SSSR count). The van der Waals surface area contributed by atoms with E-state index in [1.54, 1.807) is 19.1 Å². The molecular weight excluding hydrogens is 393 g/mol. The average molecular weight is 406 g/mol. The molecule has 0 unspecified atom stereocenters. The fourth-order valence-electron chi connectivity index (χ4n) is 1.37. The molecule has 0 heterocycles. The van der Waals surface area contributed by atoms with Gasteiger partial charge in [0.05, 0.1) is 5.02 Å². The fraction of sp³-hybridized carbons (Fsp3) is 0.400. The zero-order chi connectivity index (χ0) is 13.1. The van der Waals surface area contributed by atoms with Crippen LogP contribution in [0.25, 0.3) is 0 Å². The first kappa shape index (κ1) is 15.4. The Morgan fingerprint density at radius 1 is 1.41 bits per heavy atom. The zero-order valence-corrected chi connectivity index (χ0v) is 13.9. The van der Waals surface area contributed by atoms with E-state index in [1.807, 2.05) is 0 Å². The molecule has 0 radical (unpaired) electrons. The second-order valence-corrected chi connectivity index (χ2v) is 7.28. The summed E-state index contributed by atoms with van der Waals surface area (Å²) in [6.45, 7) is 2.64. The molecule has 0 fully saturated rings. The van der Waals surface area contributed by atoms with Gasteiger partial charge in [0.1, 0.15) is 4.90 Å². The van der Waals surface area contributed by atoms with Crippen LogP contribution in [0, 0.1) is 0 Å². The molecule has 7 heteroatoms. The first-order chi connectivity index (χ1) is 7.93. The van der Waals surface area contributed by atoms with Gasteiger partial charge >= 0.3 is 0 Å². The Bertz CT molecular complexity index is 493. The van der Waals surface area contributed by atoms with Crippen molar-refractivity contribution in [2.45, 2.75) is 11.8 Å². The van der Waals surface area contributed by atoms with E-state index in [2.05, 4.69) is 31.9 Å². The van der Waals surface area contributed by atoms with Crippen molar-refractivity contribution < 1.29 is 8.42 Å². The molecule has 1 aromatic carbocycles. The second-order valence-electron chi connectivity index (χ2n) is 3.26. The van der Waals surface area contributed by atoms with Gasteiger partial charge in [-0.2, -0.15) is 4.31 Å². The van der Waals surface area contributed by atoms with Crippen LogP contribution in [0.1, 0.15) is 6.92 Å². The van der Waals surface area contributed by atoms with Gasteiger partial charge in [0.15, 0.2) is 0 Å².